The van der Waals surface area contributed by atoms with E-state index in [-0.39, 0.29) is 5.82 Å². The number of carbonyl (C=O) groups excluding carboxylic acids is 1. The van der Waals surface area contributed by atoms with Gasteiger partial charge in [0, 0.05) is 41.5 Å². The van der Waals surface area contributed by atoms with Crippen molar-refractivity contribution < 1.29 is 9.18 Å². The summed E-state index contributed by atoms with van der Waals surface area (Å²) in [6, 6.07) is 12.6. The van der Waals surface area contributed by atoms with Gasteiger partial charge in [0.05, 0.1) is 18.3 Å². The second kappa shape index (κ2) is 6.42. The van der Waals surface area contributed by atoms with Gasteiger partial charge in [-0.1, -0.05) is 30.3 Å². The lowest BCUT2D eigenvalue weighted by Crippen LogP contribution is -2.01. The van der Waals surface area contributed by atoms with Gasteiger partial charge in [-0.05, 0) is 29.3 Å². The van der Waals surface area contributed by atoms with Crippen molar-refractivity contribution in [2.75, 3.05) is 0 Å². The van der Waals surface area contributed by atoms with Crippen molar-refractivity contribution in [2.45, 2.75) is 6.54 Å². The fraction of sp³-hybridized carbons (Fsp3) is 0.100. The fourth-order valence-electron chi connectivity index (χ4n) is 3.14. The molecule has 0 atom stereocenters. The van der Waals surface area contributed by atoms with Crippen molar-refractivity contribution in [1.82, 2.24) is 14.3 Å². The largest absolute Gasteiger partial charge is 0.342 e. The molecule has 4 rings (SSSR count). The summed E-state index contributed by atoms with van der Waals surface area (Å²) in [5.74, 6) is -0.303. The molecule has 0 aliphatic heterocycles. The van der Waals surface area contributed by atoms with Gasteiger partial charge in [0.2, 0.25) is 0 Å². The fourth-order valence-corrected chi connectivity index (χ4v) is 3.29. The second-order valence-electron chi connectivity index (χ2n) is 6.17. The molecule has 0 fully saturated rings. The van der Waals surface area contributed by atoms with Crippen LogP contribution in [0.4, 0.5) is 4.39 Å². The lowest BCUT2D eigenvalue weighted by atomic mass is 10.1. The number of aryl methyl sites for hydroxylation is 1. The number of rotatable bonds is 4. The molecular formula is C20H15ClFN3O. The van der Waals surface area contributed by atoms with Crippen molar-refractivity contribution in [1.29, 1.82) is 0 Å². The van der Waals surface area contributed by atoms with Gasteiger partial charge in [0.1, 0.15) is 5.82 Å². The van der Waals surface area contributed by atoms with Gasteiger partial charge in [-0.25, -0.2) is 4.39 Å². The number of aromatic nitrogens is 3. The van der Waals surface area contributed by atoms with Gasteiger partial charge in [-0.15, -0.1) is 0 Å². The average molecular weight is 368 g/mol. The molecule has 2 aromatic carbocycles. The van der Waals surface area contributed by atoms with Crippen LogP contribution in [0.2, 0.25) is 0 Å². The summed E-state index contributed by atoms with van der Waals surface area (Å²) in [6.45, 7) is 0.309. The van der Waals surface area contributed by atoms with Crippen LogP contribution in [0, 0.1) is 5.82 Å². The molecule has 0 spiro atoms. The Labute approximate surface area is 154 Å². The van der Waals surface area contributed by atoms with Crippen LogP contribution in [-0.4, -0.2) is 19.6 Å². The van der Waals surface area contributed by atoms with Crippen molar-refractivity contribution in [3.05, 3.63) is 78.0 Å². The lowest BCUT2D eigenvalue weighted by molar-refractivity contribution is 0.108. The van der Waals surface area contributed by atoms with Crippen molar-refractivity contribution in [2.24, 2.45) is 7.05 Å². The Kier molecular flexibility index (Phi) is 4.09. The highest BCUT2D eigenvalue weighted by molar-refractivity contribution is 6.68. The number of nitrogens with zero attached hydrogens (tertiary/aromatic N) is 3. The highest BCUT2D eigenvalue weighted by Crippen LogP contribution is 2.26. The van der Waals surface area contributed by atoms with Crippen LogP contribution in [0.5, 0.6) is 0 Å². The third-order valence-electron chi connectivity index (χ3n) is 4.43. The van der Waals surface area contributed by atoms with Crippen molar-refractivity contribution in [3.63, 3.8) is 0 Å². The Morgan fingerprint density at radius 2 is 1.96 bits per heavy atom. The summed E-state index contributed by atoms with van der Waals surface area (Å²) < 4.78 is 18.2. The van der Waals surface area contributed by atoms with Crippen LogP contribution in [0.25, 0.3) is 22.0 Å². The predicted octanol–water partition coefficient (Wildman–Crippen LogP) is 4.61. The van der Waals surface area contributed by atoms with Gasteiger partial charge in [0.15, 0.2) is 0 Å². The highest BCUT2D eigenvalue weighted by Gasteiger charge is 2.14. The van der Waals surface area contributed by atoms with Crippen molar-refractivity contribution >= 4 is 27.7 Å². The van der Waals surface area contributed by atoms with E-state index >= 15 is 0 Å². The Balaban J connectivity index is 1.72. The Morgan fingerprint density at radius 1 is 1.15 bits per heavy atom. The molecule has 2 heterocycles. The molecule has 0 N–H and O–H groups in total. The summed E-state index contributed by atoms with van der Waals surface area (Å²) in [4.78, 5) is 11.7. The molecule has 130 valence electrons. The van der Waals surface area contributed by atoms with E-state index in [1.807, 2.05) is 48.1 Å². The summed E-state index contributed by atoms with van der Waals surface area (Å²) in [5, 5.41) is 4.35. The summed E-state index contributed by atoms with van der Waals surface area (Å²) >= 11 is 5.69. The van der Waals surface area contributed by atoms with Gasteiger partial charge in [-0.2, -0.15) is 5.10 Å². The number of para-hydroxylation sites is 1. The molecule has 0 saturated carbocycles. The van der Waals surface area contributed by atoms with Crippen LogP contribution >= 0.6 is 11.6 Å². The van der Waals surface area contributed by atoms with Crippen molar-refractivity contribution in [3.8, 4) is 11.1 Å². The molecule has 0 amide bonds. The molecule has 0 aliphatic rings. The molecule has 0 unspecified atom stereocenters. The normalized spacial score (nSPS) is 11.2. The number of fused-ring (bicyclic) bond motifs is 1. The van der Waals surface area contributed by atoms with E-state index in [0.717, 1.165) is 22.0 Å². The molecular weight excluding hydrogens is 353 g/mol. The van der Waals surface area contributed by atoms with Gasteiger partial charge >= 0.3 is 0 Å². The van der Waals surface area contributed by atoms with E-state index in [4.69, 9.17) is 11.6 Å². The Morgan fingerprint density at radius 3 is 2.65 bits per heavy atom. The summed E-state index contributed by atoms with van der Waals surface area (Å²) in [6.07, 6.45) is 5.22. The van der Waals surface area contributed by atoms with Crippen LogP contribution in [0.3, 0.4) is 0 Å². The van der Waals surface area contributed by atoms with E-state index in [1.54, 1.807) is 23.1 Å². The third kappa shape index (κ3) is 2.91. The zero-order chi connectivity index (χ0) is 18.3. The molecule has 6 heteroatoms. The first-order valence-electron chi connectivity index (χ1n) is 8.08. The van der Waals surface area contributed by atoms with E-state index in [9.17, 15) is 9.18 Å². The maximum absolute atomic E-state index is 14.7. The average Bonchev–Trinajstić information content (AvgIpc) is 3.21. The minimum absolute atomic E-state index is 0.303. The lowest BCUT2D eigenvalue weighted by Gasteiger charge is -2.08. The van der Waals surface area contributed by atoms with E-state index in [1.165, 1.54) is 6.07 Å². The molecule has 4 aromatic rings. The number of hydrogen-bond acceptors (Lipinski definition) is 2. The van der Waals surface area contributed by atoms with Crippen LogP contribution in [0.1, 0.15) is 15.9 Å². The molecule has 0 saturated heterocycles. The maximum atomic E-state index is 14.7. The molecule has 0 aliphatic carbocycles. The van der Waals surface area contributed by atoms with E-state index in [2.05, 4.69) is 5.10 Å². The molecule has 26 heavy (non-hydrogen) atoms. The van der Waals surface area contributed by atoms with E-state index < -0.39 is 5.24 Å². The number of carbonyl (C=O) groups is 1. The quantitative estimate of drug-likeness (QED) is 0.494. The van der Waals surface area contributed by atoms with E-state index in [0.29, 0.717) is 17.7 Å². The summed E-state index contributed by atoms with van der Waals surface area (Å²) in [5.41, 5.74) is 3.43. The Hall–Kier alpha value is -2.92. The molecule has 0 bridgehead atoms. The van der Waals surface area contributed by atoms with Gasteiger partial charge in [0.25, 0.3) is 5.24 Å². The zero-order valence-corrected chi connectivity index (χ0v) is 14.7. The van der Waals surface area contributed by atoms with Gasteiger partial charge in [-0.3, -0.25) is 9.48 Å². The first kappa shape index (κ1) is 16.5. The monoisotopic (exact) mass is 367 g/mol. The predicted molar refractivity (Wildman–Crippen MR) is 99.8 cm³/mol. The van der Waals surface area contributed by atoms with Crippen LogP contribution in [-0.2, 0) is 13.6 Å². The number of hydrogen-bond donors (Lipinski definition) is 0. The first-order valence-corrected chi connectivity index (χ1v) is 8.46. The highest BCUT2D eigenvalue weighted by atomic mass is 35.5. The topological polar surface area (TPSA) is 39.8 Å². The minimum atomic E-state index is -0.521. The molecule has 4 nitrogen and oxygen atoms in total. The standard InChI is InChI=1S/C20H15ClFN3O/c1-24-10-15(9-23-24)13-6-7-14(18(22)8-13)11-25-12-17(20(21)26)16-4-2-3-5-19(16)25/h2-10,12H,11H2,1H3. The first-order chi connectivity index (χ1) is 12.5. The summed E-state index contributed by atoms with van der Waals surface area (Å²) in [7, 11) is 1.82. The third-order valence-corrected chi connectivity index (χ3v) is 4.64. The zero-order valence-electron chi connectivity index (χ0n) is 14.0. The number of benzene rings is 2. The SMILES string of the molecule is Cn1cc(-c2ccc(Cn3cc(C(=O)Cl)c4ccccc43)c(F)c2)cn1. The second-order valence-corrected chi connectivity index (χ2v) is 6.51. The van der Waals surface area contributed by atoms with Crippen LogP contribution in [0.15, 0.2) is 61.1 Å². The minimum Gasteiger partial charge on any atom is -0.342 e. The Bertz CT molecular complexity index is 1130. The van der Waals surface area contributed by atoms with Crippen LogP contribution < -0.4 is 0 Å². The van der Waals surface area contributed by atoms with Gasteiger partial charge < -0.3 is 4.57 Å². The maximum Gasteiger partial charge on any atom is 0.254 e. The smallest absolute Gasteiger partial charge is 0.254 e. The number of halogens is 2. The molecule has 0 radical (unpaired) electrons. The molecule has 2 aromatic heterocycles.